The lowest BCUT2D eigenvalue weighted by atomic mass is 10.0. The average molecular weight is 170 g/mol. The molecule has 1 rings (SSSR count). The fraction of sp³-hybridized carbons (Fsp3) is 0.900. The summed E-state index contributed by atoms with van der Waals surface area (Å²) in [6, 6.07) is 0. The van der Waals surface area contributed by atoms with E-state index in [9.17, 15) is 0 Å². The Labute approximate surface area is 74.0 Å². The molecule has 1 saturated carbocycles. The van der Waals surface area contributed by atoms with Crippen LogP contribution in [0.1, 0.15) is 45.4 Å². The quantitative estimate of drug-likeness (QED) is 0.606. The Kier molecular flexibility index (Phi) is 3.96. The highest BCUT2D eigenvalue weighted by Gasteiger charge is 2.22. The summed E-state index contributed by atoms with van der Waals surface area (Å²) in [7, 11) is 0. The predicted molar refractivity (Wildman–Crippen MR) is 53.2 cm³/mol. The summed E-state index contributed by atoms with van der Waals surface area (Å²) in [6.45, 7) is 2.25. The molecule has 0 aromatic carbocycles. The van der Waals surface area contributed by atoms with Crippen molar-refractivity contribution in [3.05, 3.63) is 0 Å². The van der Waals surface area contributed by atoms with Crippen LogP contribution in [-0.4, -0.2) is 5.25 Å². The van der Waals surface area contributed by atoms with E-state index in [1.807, 2.05) is 0 Å². The lowest BCUT2D eigenvalue weighted by Crippen LogP contribution is -2.11. The molecule has 0 radical (unpaired) electrons. The van der Waals surface area contributed by atoms with Crippen LogP contribution in [0.15, 0.2) is 0 Å². The molecule has 0 amide bonds. The van der Waals surface area contributed by atoms with Gasteiger partial charge >= 0.3 is 0 Å². The van der Waals surface area contributed by atoms with Crippen molar-refractivity contribution in [3.63, 3.8) is 0 Å². The monoisotopic (exact) mass is 170 g/mol. The van der Waals surface area contributed by atoms with Gasteiger partial charge in [-0.25, -0.2) is 0 Å². The SMILES string of the molecule is C#S[C@@H](CCC)C1CCCC1. The van der Waals surface area contributed by atoms with Gasteiger partial charge in [0.15, 0.2) is 0 Å². The van der Waals surface area contributed by atoms with Gasteiger partial charge < -0.3 is 0 Å². The molecule has 1 heteroatoms. The van der Waals surface area contributed by atoms with Crippen LogP contribution < -0.4 is 0 Å². The van der Waals surface area contributed by atoms with Crippen LogP contribution in [0.25, 0.3) is 0 Å². The molecule has 0 aromatic heterocycles. The summed E-state index contributed by atoms with van der Waals surface area (Å²) in [5.41, 5.74) is 5.66. The second-order valence-electron chi connectivity index (χ2n) is 3.51. The van der Waals surface area contributed by atoms with E-state index in [-0.39, 0.29) is 0 Å². The third-order valence-electron chi connectivity index (χ3n) is 2.67. The van der Waals surface area contributed by atoms with E-state index in [4.69, 9.17) is 5.69 Å². The van der Waals surface area contributed by atoms with Gasteiger partial charge in [0.1, 0.15) is 0 Å². The summed E-state index contributed by atoms with van der Waals surface area (Å²) in [4.78, 5) is 0. The fourth-order valence-corrected chi connectivity index (χ4v) is 2.89. The van der Waals surface area contributed by atoms with Gasteiger partial charge in [0.25, 0.3) is 0 Å². The van der Waals surface area contributed by atoms with Crippen LogP contribution >= 0.6 is 11.2 Å². The van der Waals surface area contributed by atoms with Crippen molar-refractivity contribution in [1.82, 2.24) is 0 Å². The first-order chi connectivity index (χ1) is 5.38. The molecular weight excluding hydrogens is 152 g/mol. The van der Waals surface area contributed by atoms with E-state index in [1.165, 1.54) is 38.5 Å². The van der Waals surface area contributed by atoms with Gasteiger partial charge in [0.2, 0.25) is 0 Å². The summed E-state index contributed by atoms with van der Waals surface area (Å²) in [6.07, 6.45) is 8.32. The molecule has 0 aliphatic heterocycles. The van der Waals surface area contributed by atoms with E-state index < -0.39 is 0 Å². The van der Waals surface area contributed by atoms with Crippen LogP contribution in [0.4, 0.5) is 0 Å². The van der Waals surface area contributed by atoms with Gasteiger partial charge in [0, 0.05) is 5.25 Å². The molecule has 1 atom stereocenters. The third-order valence-corrected chi connectivity index (χ3v) is 3.64. The molecule has 1 fully saturated rings. The molecular formula is C10H18S. The minimum absolute atomic E-state index is 0.752. The van der Waals surface area contributed by atoms with Gasteiger partial charge in [0.05, 0.1) is 0 Å². The largest absolute Gasteiger partial charge is 0.134 e. The number of hydrogen-bond acceptors (Lipinski definition) is 0. The minimum Gasteiger partial charge on any atom is -0.134 e. The van der Waals surface area contributed by atoms with Gasteiger partial charge in [-0.05, 0) is 25.2 Å². The Balaban J connectivity index is 2.35. The summed E-state index contributed by atoms with van der Waals surface area (Å²) < 4.78 is 0. The highest BCUT2D eigenvalue weighted by molar-refractivity contribution is 7.88. The van der Waals surface area contributed by atoms with Crippen LogP contribution in [0, 0.1) is 11.6 Å². The fourth-order valence-electron chi connectivity index (χ4n) is 2.03. The lowest BCUT2D eigenvalue weighted by Gasteiger charge is -2.16. The Bertz CT molecular complexity index is 139. The van der Waals surface area contributed by atoms with Gasteiger partial charge in [-0.3, -0.25) is 0 Å². The van der Waals surface area contributed by atoms with E-state index in [0.29, 0.717) is 0 Å². The maximum atomic E-state index is 5.66. The standard InChI is InChI=1S/C10H18S/c1-3-6-10(11-2)9-7-4-5-8-9/h2,9-10H,3-8H2,1H3/t10-/m0/s1. The molecule has 11 heavy (non-hydrogen) atoms. The van der Waals surface area contributed by atoms with Gasteiger partial charge in [-0.1, -0.05) is 26.2 Å². The summed E-state index contributed by atoms with van der Waals surface area (Å²) in [5.74, 6) is 0.935. The molecule has 0 nitrogen and oxygen atoms in total. The summed E-state index contributed by atoms with van der Waals surface area (Å²) >= 11 is 1.59. The van der Waals surface area contributed by atoms with Crippen LogP contribution in [0.2, 0.25) is 0 Å². The molecule has 0 unspecified atom stereocenters. The third kappa shape index (κ3) is 2.50. The van der Waals surface area contributed by atoms with Gasteiger partial charge in [-0.15, -0.1) is 16.9 Å². The molecule has 0 heterocycles. The van der Waals surface area contributed by atoms with Crippen molar-refractivity contribution in [1.29, 1.82) is 0 Å². The lowest BCUT2D eigenvalue weighted by molar-refractivity contribution is 0.497. The van der Waals surface area contributed by atoms with Crippen molar-refractivity contribution in [2.75, 3.05) is 0 Å². The van der Waals surface area contributed by atoms with Crippen molar-refractivity contribution < 1.29 is 0 Å². The maximum Gasteiger partial charge on any atom is 0.0316 e. The van der Waals surface area contributed by atoms with Crippen LogP contribution in [-0.2, 0) is 0 Å². The van der Waals surface area contributed by atoms with Crippen LogP contribution in [0.3, 0.4) is 0 Å². The topological polar surface area (TPSA) is 0 Å². The number of rotatable bonds is 3. The van der Waals surface area contributed by atoms with Crippen LogP contribution in [0.5, 0.6) is 0 Å². The Hall–Kier alpha value is 0. The van der Waals surface area contributed by atoms with Gasteiger partial charge in [-0.2, -0.15) is 0 Å². The van der Waals surface area contributed by atoms with E-state index in [1.54, 1.807) is 11.2 Å². The molecule has 0 aromatic rings. The molecule has 1 aliphatic rings. The predicted octanol–water partition coefficient (Wildman–Crippen LogP) is 3.67. The van der Waals surface area contributed by atoms with Crippen molar-refractivity contribution in [3.8, 4) is 5.69 Å². The Morgan fingerprint density at radius 1 is 1.45 bits per heavy atom. The zero-order valence-electron chi connectivity index (χ0n) is 7.38. The molecule has 0 bridgehead atoms. The molecule has 1 aliphatic carbocycles. The second kappa shape index (κ2) is 4.79. The Morgan fingerprint density at radius 2 is 2.09 bits per heavy atom. The smallest absolute Gasteiger partial charge is 0.0316 e. The number of hydrogen-bond donors (Lipinski definition) is 0. The molecule has 0 spiro atoms. The van der Waals surface area contributed by atoms with Crippen molar-refractivity contribution in [2.24, 2.45) is 5.92 Å². The zero-order chi connectivity index (χ0) is 8.10. The van der Waals surface area contributed by atoms with E-state index in [0.717, 1.165) is 11.2 Å². The van der Waals surface area contributed by atoms with E-state index in [2.05, 4.69) is 6.92 Å². The second-order valence-corrected chi connectivity index (χ2v) is 4.39. The average Bonchev–Trinajstić information content (AvgIpc) is 2.52. The summed E-state index contributed by atoms with van der Waals surface area (Å²) in [5, 5.41) is 0.752. The minimum atomic E-state index is 0.752. The first kappa shape index (κ1) is 9.09. The first-order valence-electron chi connectivity index (χ1n) is 4.74. The Morgan fingerprint density at radius 3 is 2.55 bits per heavy atom. The first-order valence-corrected chi connectivity index (χ1v) is 5.68. The van der Waals surface area contributed by atoms with Crippen molar-refractivity contribution in [2.45, 2.75) is 50.7 Å². The molecule has 64 valence electrons. The maximum absolute atomic E-state index is 5.66. The highest BCUT2D eigenvalue weighted by Crippen LogP contribution is 2.32. The normalized spacial score (nSPS) is 21.8. The van der Waals surface area contributed by atoms with E-state index >= 15 is 0 Å². The molecule has 0 saturated heterocycles. The molecule has 0 N–H and O–H groups in total. The zero-order valence-corrected chi connectivity index (χ0v) is 8.20. The van der Waals surface area contributed by atoms with Crippen molar-refractivity contribution >= 4 is 11.2 Å². The highest BCUT2D eigenvalue weighted by atomic mass is 32.1.